The molecule has 0 bridgehead atoms. The van der Waals surface area contributed by atoms with E-state index in [0.717, 1.165) is 13.2 Å². The van der Waals surface area contributed by atoms with Crippen molar-refractivity contribution in [3.05, 3.63) is 18.0 Å². The molecule has 0 unspecified atom stereocenters. The molecule has 0 spiro atoms. The van der Waals surface area contributed by atoms with Crippen molar-refractivity contribution >= 4 is 0 Å². The lowest BCUT2D eigenvalue weighted by atomic mass is 9.74. The number of ether oxygens (including phenoxy) is 1. The van der Waals surface area contributed by atoms with Crippen LogP contribution >= 0.6 is 0 Å². The highest BCUT2D eigenvalue weighted by Gasteiger charge is 2.33. The van der Waals surface area contributed by atoms with Gasteiger partial charge in [0.05, 0.1) is 6.61 Å². The number of nitrogens with zero attached hydrogens (tertiary/aromatic N) is 2. The Morgan fingerprint density at radius 2 is 2.12 bits per heavy atom. The molecule has 0 amide bonds. The Bertz CT molecular complexity index is 321. The molecular formula is C13H22N2O. The van der Waals surface area contributed by atoms with Crippen molar-refractivity contribution in [1.29, 1.82) is 0 Å². The van der Waals surface area contributed by atoms with Crippen LogP contribution in [0.25, 0.3) is 0 Å². The highest BCUT2D eigenvalue weighted by atomic mass is 16.5. The van der Waals surface area contributed by atoms with E-state index in [-0.39, 0.29) is 0 Å². The minimum Gasteiger partial charge on any atom is -0.384 e. The largest absolute Gasteiger partial charge is 0.384 e. The van der Waals surface area contributed by atoms with Crippen LogP contribution in [0.5, 0.6) is 0 Å². The van der Waals surface area contributed by atoms with Crippen LogP contribution in [0, 0.1) is 12.3 Å². The van der Waals surface area contributed by atoms with Gasteiger partial charge in [-0.05, 0) is 25.8 Å². The summed E-state index contributed by atoms with van der Waals surface area (Å²) in [5, 5.41) is 4.40. The van der Waals surface area contributed by atoms with Gasteiger partial charge in [-0.25, -0.2) is 0 Å². The van der Waals surface area contributed by atoms with E-state index in [9.17, 15) is 0 Å². The summed E-state index contributed by atoms with van der Waals surface area (Å²) < 4.78 is 7.56. The quantitative estimate of drug-likeness (QED) is 0.783. The number of aryl methyl sites for hydroxylation is 1. The van der Waals surface area contributed by atoms with Crippen molar-refractivity contribution in [3.8, 4) is 0 Å². The third kappa shape index (κ3) is 2.46. The SMILES string of the molecule is COCC1(Cn2nccc2C)CCCCC1. The van der Waals surface area contributed by atoms with E-state index in [1.165, 1.54) is 37.8 Å². The molecule has 90 valence electrons. The minimum atomic E-state index is 0.323. The van der Waals surface area contributed by atoms with E-state index in [2.05, 4.69) is 22.8 Å². The minimum absolute atomic E-state index is 0.323. The van der Waals surface area contributed by atoms with Crippen molar-refractivity contribution in [2.75, 3.05) is 13.7 Å². The molecule has 1 fully saturated rings. The van der Waals surface area contributed by atoms with Crippen molar-refractivity contribution < 1.29 is 4.74 Å². The number of aromatic nitrogens is 2. The fourth-order valence-corrected chi connectivity index (χ4v) is 2.84. The van der Waals surface area contributed by atoms with Crippen molar-refractivity contribution in [2.24, 2.45) is 5.41 Å². The lowest BCUT2D eigenvalue weighted by molar-refractivity contribution is 0.0316. The maximum absolute atomic E-state index is 5.43. The van der Waals surface area contributed by atoms with Crippen LogP contribution in [0.2, 0.25) is 0 Å². The molecule has 2 rings (SSSR count). The third-order valence-electron chi connectivity index (χ3n) is 3.78. The monoisotopic (exact) mass is 222 g/mol. The van der Waals surface area contributed by atoms with Gasteiger partial charge < -0.3 is 4.74 Å². The van der Waals surface area contributed by atoms with Gasteiger partial charge in [-0.2, -0.15) is 5.10 Å². The van der Waals surface area contributed by atoms with Gasteiger partial charge in [0.15, 0.2) is 0 Å². The normalized spacial score (nSPS) is 19.9. The second-order valence-electron chi connectivity index (χ2n) is 5.12. The first-order valence-electron chi connectivity index (χ1n) is 6.23. The van der Waals surface area contributed by atoms with Crippen molar-refractivity contribution in [1.82, 2.24) is 9.78 Å². The van der Waals surface area contributed by atoms with Crippen LogP contribution in [0.3, 0.4) is 0 Å². The molecule has 1 saturated carbocycles. The maximum Gasteiger partial charge on any atom is 0.0536 e. The highest BCUT2D eigenvalue weighted by molar-refractivity contribution is 4.98. The average Bonchev–Trinajstić information content (AvgIpc) is 2.66. The first-order chi connectivity index (χ1) is 7.76. The van der Waals surface area contributed by atoms with Crippen LogP contribution in [0.1, 0.15) is 37.8 Å². The lowest BCUT2D eigenvalue weighted by Gasteiger charge is -2.36. The molecule has 0 saturated heterocycles. The van der Waals surface area contributed by atoms with Gasteiger partial charge in [-0.1, -0.05) is 19.3 Å². The second kappa shape index (κ2) is 5.00. The summed E-state index contributed by atoms with van der Waals surface area (Å²) in [7, 11) is 1.81. The summed E-state index contributed by atoms with van der Waals surface area (Å²) in [4.78, 5) is 0. The highest BCUT2D eigenvalue weighted by Crippen LogP contribution is 2.38. The van der Waals surface area contributed by atoms with E-state index in [1.807, 2.05) is 13.3 Å². The van der Waals surface area contributed by atoms with Crippen LogP contribution < -0.4 is 0 Å². The van der Waals surface area contributed by atoms with Gasteiger partial charge in [0.25, 0.3) is 0 Å². The predicted molar refractivity (Wildman–Crippen MR) is 64.4 cm³/mol. The standard InChI is InChI=1S/C13H22N2O/c1-12-6-9-14-15(12)10-13(11-16-2)7-4-3-5-8-13/h6,9H,3-5,7-8,10-11H2,1-2H3. The van der Waals surface area contributed by atoms with Crippen LogP contribution in [-0.4, -0.2) is 23.5 Å². The van der Waals surface area contributed by atoms with Gasteiger partial charge in [0, 0.05) is 31.0 Å². The number of rotatable bonds is 4. The van der Waals surface area contributed by atoms with Crippen LogP contribution in [-0.2, 0) is 11.3 Å². The molecule has 1 aromatic heterocycles. The molecular weight excluding hydrogens is 200 g/mol. The van der Waals surface area contributed by atoms with Crippen molar-refractivity contribution in [3.63, 3.8) is 0 Å². The first kappa shape index (κ1) is 11.6. The number of hydrogen-bond donors (Lipinski definition) is 0. The molecule has 0 aromatic carbocycles. The second-order valence-corrected chi connectivity index (χ2v) is 5.12. The molecule has 1 aromatic rings. The molecule has 1 heterocycles. The Morgan fingerprint density at radius 3 is 2.69 bits per heavy atom. The summed E-state index contributed by atoms with van der Waals surface area (Å²) in [5.74, 6) is 0. The summed E-state index contributed by atoms with van der Waals surface area (Å²) in [5.41, 5.74) is 1.57. The lowest BCUT2D eigenvalue weighted by Crippen LogP contribution is -2.34. The van der Waals surface area contributed by atoms with Gasteiger partial charge in [-0.3, -0.25) is 4.68 Å². The third-order valence-corrected chi connectivity index (χ3v) is 3.78. The Balaban J connectivity index is 2.10. The van der Waals surface area contributed by atoms with Gasteiger partial charge >= 0.3 is 0 Å². The first-order valence-corrected chi connectivity index (χ1v) is 6.23. The Labute approximate surface area is 97.8 Å². The van der Waals surface area contributed by atoms with E-state index >= 15 is 0 Å². The average molecular weight is 222 g/mol. The van der Waals surface area contributed by atoms with Gasteiger partial charge in [0.2, 0.25) is 0 Å². The predicted octanol–water partition coefficient (Wildman–Crippen LogP) is 2.79. The fourth-order valence-electron chi connectivity index (χ4n) is 2.84. The number of methoxy groups -OCH3 is 1. The van der Waals surface area contributed by atoms with E-state index in [1.54, 1.807) is 0 Å². The smallest absolute Gasteiger partial charge is 0.0536 e. The molecule has 0 atom stereocenters. The van der Waals surface area contributed by atoms with E-state index in [4.69, 9.17) is 4.74 Å². The van der Waals surface area contributed by atoms with E-state index in [0.29, 0.717) is 5.41 Å². The Morgan fingerprint density at radius 1 is 1.38 bits per heavy atom. The molecule has 1 aliphatic carbocycles. The summed E-state index contributed by atoms with van der Waals surface area (Å²) >= 11 is 0. The van der Waals surface area contributed by atoms with Crippen molar-refractivity contribution in [2.45, 2.75) is 45.6 Å². The molecule has 1 aliphatic rings. The van der Waals surface area contributed by atoms with Gasteiger partial charge in [0.1, 0.15) is 0 Å². The molecule has 0 radical (unpaired) electrons. The molecule has 3 nitrogen and oxygen atoms in total. The summed E-state index contributed by atoms with van der Waals surface area (Å²) in [6.07, 6.45) is 8.50. The van der Waals surface area contributed by atoms with Crippen LogP contribution in [0.15, 0.2) is 12.3 Å². The molecule has 3 heteroatoms. The number of hydrogen-bond acceptors (Lipinski definition) is 2. The zero-order valence-electron chi connectivity index (χ0n) is 10.4. The zero-order chi connectivity index (χ0) is 11.4. The Kier molecular flexibility index (Phi) is 3.64. The summed E-state index contributed by atoms with van der Waals surface area (Å²) in [6.45, 7) is 4.00. The Hall–Kier alpha value is -0.830. The molecule has 16 heavy (non-hydrogen) atoms. The maximum atomic E-state index is 5.43. The molecule has 0 aliphatic heterocycles. The fraction of sp³-hybridized carbons (Fsp3) is 0.769. The topological polar surface area (TPSA) is 27.1 Å². The van der Waals surface area contributed by atoms with Crippen LogP contribution in [0.4, 0.5) is 0 Å². The molecule has 0 N–H and O–H groups in total. The zero-order valence-corrected chi connectivity index (χ0v) is 10.4. The van der Waals surface area contributed by atoms with E-state index < -0.39 is 0 Å². The van der Waals surface area contributed by atoms with Gasteiger partial charge in [-0.15, -0.1) is 0 Å². The summed E-state index contributed by atoms with van der Waals surface area (Å²) in [6, 6.07) is 2.07.